The first-order valence-electron chi connectivity index (χ1n) is 6.35. The molecule has 3 nitrogen and oxygen atoms in total. The highest BCUT2D eigenvalue weighted by Crippen LogP contribution is 2.18. The van der Waals surface area contributed by atoms with Crippen LogP contribution in [0.5, 0.6) is 0 Å². The lowest BCUT2D eigenvalue weighted by atomic mass is 10.1. The van der Waals surface area contributed by atoms with Crippen molar-refractivity contribution < 1.29 is 4.79 Å². The standard InChI is InChI=1S/C14H22N2O/c1-3-5-6-7-14(17)16-12-9-8-11(4-2)13(15)10-12/h8-10H,3-7,15H2,1-2H3,(H,16,17). The molecule has 0 radical (unpaired) electrons. The fourth-order valence-electron chi connectivity index (χ4n) is 1.75. The number of hydrogen-bond acceptors (Lipinski definition) is 2. The predicted molar refractivity (Wildman–Crippen MR) is 73.0 cm³/mol. The lowest BCUT2D eigenvalue weighted by Crippen LogP contribution is -2.11. The zero-order valence-corrected chi connectivity index (χ0v) is 10.8. The highest BCUT2D eigenvalue weighted by Gasteiger charge is 2.03. The molecule has 17 heavy (non-hydrogen) atoms. The van der Waals surface area contributed by atoms with Crippen LogP contribution >= 0.6 is 0 Å². The molecule has 94 valence electrons. The summed E-state index contributed by atoms with van der Waals surface area (Å²) >= 11 is 0. The van der Waals surface area contributed by atoms with Gasteiger partial charge in [0.1, 0.15) is 0 Å². The van der Waals surface area contributed by atoms with Crippen LogP contribution in [0.2, 0.25) is 0 Å². The van der Waals surface area contributed by atoms with E-state index in [9.17, 15) is 4.79 Å². The van der Waals surface area contributed by atoms with Gasteiger partial charge >= 0.3 is 0 Å². The van der Waals surface area contributed by atoms with Crippen molar-refractivity contribution in [1.29, 1.82) is 0 Å². The maximum atomic E-state index is 11.6. The molecule has 1 rings (SSSR count). The minimum Gasteiger partial charge on any atom is -0.398 e. The Kier molecular flexibility index (Phi) is 5.53. The van der Waals surface area contributed by atoms with E-state index in [0.717, 1.165) is 42.6 Å². The number of aryl methyl sites for hydroxylation is 1. The monoisotopic (exact) mass is 234 g/mol. The Morgan fingerprint density at radius 2 is 2.06 bits per heavy atom. The molecule has 0 heterocycles. The zero-order chi connectivity index (χ0) is 12.7. The van der Waals surface area contributed by atoms with Crippen LogP contribution in [-0.2, 0) is 11.2 Å². The Morgan fingerprint density at radius 3 is 2.65 bits per heavy atom. The van der Waals surface area contributed by atoms with Gasteiger partial charge in [-0.1, -0.05) is 32.8 Å². The van der Waals surface area contributed by atoms with E-state index in [-0.39, 0.29) is 5.91 Å². The second kappa shape index (κ2) is 6.94. The Hall–Kier alpha value is -1.51. The summed E-state index contributed by atoms with van der Waals surface area (Å²) in [6.07, 6.45) is 4.68. The van der Waals surface area contributed by atoms with Crippen LogP contribution in [0.1, 0.15) is 45.1 Å². The topological polar surface area (TPSA) is 55.1 Å². The van der Waals surface area contributed by atoms with E-state index >= 15 is 0 Å². The number of unbranched alkanes of at least 4 members (excludes halogenated alkanes) is 2. The van der Waals surface area contributed by atoms with Gasteiger partial charge in [0, 0.05) is 17.8 Å². The molecule has 0 aliphatic heterocycles. The maximum Gasteiger partial charge on any atom is 0.224 e. The molecule has 1 aromatic rings. The van der Waals surface area contributed by atoms with E-state index in [1.54, 1.807) is 0 Å². The summed E-state index contributed by atoms with van der Waals surface area (Å²) in [6.45, 7) is 4.19. The van der Waals surface area contributed by atoms with E-state index in [1.807, 2.05) is 18.2 Å². The highest BCUT2D eigenvalue weighted by molar-refractivity contribution is 5.91. The first-order chi connectivity index (χ1) is 8.17. The summed E-state index contributed by atoms with van der Waals surface area (Å²) < 4.78 is 0. The summed E-state index contributed by atoms with van der Waals surface area (Å²) in [5.41, 5.74) is 8.54. The summed E-state index contributed by atoms with van der Waals surface area (Å²) in [7, 11) is 0. The molecule has 1 aromatic carbocycles. The SMILES string of the molecule is CCCCCC(=O)Nc1ccc(CC)c(N)c1. The van der Waals surface area contributed by atoms with Gasteiger partial charge in [0.05, 0.1) is 0 Å². The number of anilines is 2. The lowest BCUT2D eigenvalue weighted by molar-refractivity contribution is -0.116. The number of amides is 1. The minimum absolute atomic E-state index is 0.0714. The Bertz CT molecular complexity index is 374. The lowest BCUT2D eigenvalue weighted by Gasteiger charge is -2.08. The molecule has 0 aliphatic rings. The molecular weight excluding hydrogens is 212 g/mol. The number of rotatable bonds is 6. The average Bonchev–Trinajstić information content (AvgIpc) is 2.29. The number of nitrogens with two attached hydrogens (primary N) is 1. The molecule has 3 heteroatoms. The van der Waals surface area contributed by atoms with Gasteiger partial charge in [0.2, 0.25) is 5.91 Å². The van der Waals surface area contributed by atoms with E-state index in [1.165, 1.54) is 0 Å². The van der Waals surface area contributed by atoms with Crippen molar-refractivity contribution >= 4 is 17.3 Å². The molecule has 0 saturated heterocycles. The Morgan fingerprint density at radius 1 is 1.29 bits per heavy atom. The normalized spacial score (nSPS) is 10.2. The van der Waals surface area contributed by atoms with Gasteiger partial charge in [0.25, 0.3) is 0 Å². The second-order valence-electron chi connectivity index (χ2n) is 4.27. The molecular formula is C14H22N2O. The van der Waals surface area contributed by atoms with Gasteiger partial charge in [-0.25, -0.2) is 0 Å². The van der Waals surface area contributed by atoms with Crippen LogP contribution in [0.25, 0.3) is 0 Å². The molecule has 0 aliphatic carbocycles. The van der Waals surface area contributed by atoms with Gasteiger partial charge in [-0.2, -0.15) is 0 Å². The number of benzene rings is 1. The van der Waals surface area contributed by atoms with Crippen molar-refractivity contribution in [3.63, 3.8) is 0 Å². The highest BCUT2D eigenvalue weighted by atomic mass is 16.1. The van der Waals surface area contributed by atoms with Crippen LogP contribution in [0.15, 0.2) is 18.2 Å². The number of carbonyl (C=O) groups excluding carboxylic acids is 1. The van der Waals surface area contributed by atoms with E-state index < -0.39 is 0 Å². The fraction of sp³-hybridized carbons (Fsp3) is 0.500. The fourth-order valence-corrected chi connectivity index (χ4v) is 1.75. The third-order valence-corrected chi connectivity index (χ3v) is 2.82. The van der Waals surface area contributed by atoms with Crippen LogP contribution in [-0.4, -0.2) is 5.91 Å². The quantitative estimate of drug-likeness (QED) is 0.586. The number of nitrogens with one attached hydrogen (secondary N) is 1. The van der Waals surface area contributed by atoms with Crippen molar-refractivity contribution in [2.24, 2.45) is 0 Å². The summed E-state index contributed by atoms with van der Waals surface area (Å²) in [5, 5.41) is 2.87. The summed E-state index contributed by atoms with van der Waals surface area (Å²) in [4.78, 5) is 11.6. The third-order valence-electron chi connectivity index (χ3n) is 2.82. The summed E-state index contributed by atoms with van der Waals surface area (Å²) in [6, 6.07) is 5.71. The van der Waals surface area contributed by atoms with Crippen molar-refractivity contribution in [3.8, 4) is 0 Å². The molecule has 0 aromatic heterocycles. The maximum absolute atomic E-state index is 11.6. The minimum atomic E-state index is 0.0714. The predicted octanol–water partition coefficient (Wildman–Crippen LogP) is 3.35. The zero-order valence-electron chi connectivity index (χ0n) is 10.8. The average molecular weight is 234 g/mol. The molecule has 1 amide bonds. The molecule has 0 saturated carbocycles. The second-order valence-corrected chi connectivity index (χ2v) is 4.27. The molecule has 0 atom stereocenters. The Balaban J connectivity index is 2.51. The van der Waals surface area contributed by atoms with E-state index in [4.69, 9.17) is 5.73 Å². The van der Waals surface area contributed by atoms with Crippen LogP contribution in [0, 0.1) is 0 Å². The van der Waals surface area contributed by atoms with Crippen LogP contribution in [0.4, 0.5) is 11.4 Å². The van der Waals surface area contributed by atoms with Crippen molar-refractivity contribution in [1.82, 2.24) is 0 Å². The first kappa shape index (κ1) is 13.6. The molecule has 0 bridgehead atoms. The van der Waals surface area contributed by atoms with E-state index in [0.29, 0.717) is 6.42 Å². The number of nitrogen functional groups attached to an aromatic ring is 1. The van der Waals surface area contributed by atoms with Gasteiger partial charge in [-0.05, 0) is 30.5 Å². The molecule has 0 fully saturated rings. The van der Waals surface area contributed by atoms with Gasteiger partial charge in [-0.15, -0.1) is 0 Å². The first-order valence-corrected chi connectivity index (χ1v) is 6.35. The smallest absolute Gasteiger partial charge is 0.224 e. The molecule has 0 spiro atoms. The van der Waals surface area contributed by atoms with Crippen molar-refractivity contribution in [3.05, 3.63) is 23.8 Å². The molecule has 0 unspecified atom stereocenters. The molecule has 3 N–H and O–H groups in total. The van der Waals surface area contributed by atoms with Crippen molar-refractivity contribution in [2.75, 3.05) is 11.1 Å². The van der Waals surface area contributed by atoms with Crippen LogP contribution < -0.4 is 11.1 Å². The number of carbonyl (C=O) groups is 1. The summed E-state index contributed by atoms with van der Waals surface area (Å²) in [5.74, 6) is 0.0714. The Labute approximate surface area is 103 Å². The van der Waals surface area contributed by atoms with E-state index in [2.05, 4.69) is 19.2 Å². The van der Waals surface area contributed by atoms with Gasteiger partial charge in [0.15, 0.2) is 0 Å². The largest absolute Gasteiger partial charge is 0.398 e. The van der Waals surface area contributed by atoms with Gasteiger partial charge < -0.3 is 11.1 Å². The van der Waals surface area contributed by atoms with Crippen LogP contribution in [0.3, 0.4) is 0 Å². The van der Waals surface area contributed by atoms with Gasteiger partial charge in [-0.3, -0.25) is 4.79 Å². The van der Waals surface area contributed by atoms with Crippen molar-refractivity contribution in [2.45, 2.75) is 46.0 Å². The number of hydrogen-bond donors (Lipinski definition) is 2. The third kappa shape index (κ3) is 4.47.